The maximum atomic E-state index is 13.5. The molecule has 144 valence electrons. The molecular formula is C23H17Cl2N3O. The zero-order valence-electron chi connectivity index (χ0n) is 15.6. The molecule has 0 radical (unpaired) electrons. The minimum atomic E-state index is -0.271. The van der Waals surface area contributed by atoms with Crippen molar-refractivity contribution in [3.63, 3.8) is 0 Å². The Morgan fingerprint density at radius 3 is 1.97 bits per heavy atom. The molecule has 29 heavy (non-hydrogen) atoms. The number of amides is 2. The molecular weight excluding hydrogens is 405 g/mol. The quantitative estimate of drug-likeness (QED) is 0.488. The fraction of sp³-hybridized carbons (Fsp3) is 0.130. The van der Waals surface area contributed by atoms with Crippen LogP contribution in [0.2, 0.25) is 10.0 Å². The summed E-state index contributed by atoms with van der Waals surface area (Å²) in [6.07, 6.45) is 0. The van der Waals surface area contributed by atoms with Crippen molar-refractivity contribution in [2.24, 2.45) is 0 Å². The molecule has 1 heterocycles. The van der Waals surface area contributed by atoms with Gasteiger partial charge >= 0.3 is 6.03 Å². The zero-order chi connectivity index (χ0) is 20.5. The van der Waals surface area contributed by atoms with E-state index in [4.69, 9.17) is 23.2 Å². The fourth-order valence-corrected chi connectivity index (χ4v) is 4.06. The standard InChI is InChI=1S/C23H17Cl2N3O/c1-15-22(17-4-2-3-16(13-17)14-26)28(21-11-7-19(25)8-12-21)23(29)27(15)20-9-5-18(24)6-10-20/h2-13,15,22H,1H3/t15-,22+/m1/s1. The summed E-state index contributed by atoms with van der Waals surface area (Å²) in [5, 5.41) is 10.5. The summed E-state index contributed by atoms with van der Waals surface area (Å²) in [7, 11) is 0. The Morgan fingerprint density at radius 2 is 1.41 bits per heavy atom. The number of halogens is 2. The second-order valence-electron chi connectivity index (χ2n) is 6.90. The van der Waals surface area contributed by atoms with Crippen molar-refractivity contribution in [1.29, 1.82) is 5.26 Å². The molecule has 1 fully saturated rings. The minimum absolute atomic E-state index is 0.144. The lowest BCUT2D eigenvalue weighted by Crippen LogP contribution is -2.33. The third kappa shape index (κ3) is 3.55. The predicted octanol–water partition coefficient (Wildman–Crippen LogP) is 6.44. The van der Waals surface area contributed by atoms with Gasteiger partial charge in [0.25, 0.3) is 0 Å². The Kier molecular flexibility index (Phi) is 5.19. The van der Waals surface area contributed by atoms with Crippen LogP contribution in [0.4, 0.5) is 16.2 Å². The van der Waals surface area contributed by atoms with Crippen molar-refractivity contribution in [3.8, 4) is 6.07 Å². The molecule has 0 bridgehead atoms. The van der Waals surface area contributed by atoms with Gasteiger partial charge in [0, 0.05) is 21.4 Å². The van der Waals surface area contributed by atoms with Crippen LogP contribution in [0, 0.1) is 11.3 Å². The van der Waals surface area contributed by atoms with Gasteiger partial charge in [-0.1, -0.05) is 35.3 Å². The van der Waals surface area contributed by atoms with Crippen molar-refractivity contribution in [1.82, 2.24) is 0 Å². The number of benzene rings is 3. The van der Waals surface area contributed by atoms with Crippen LogP contribution in [-0.2, 0) is 0 Å². The average Bonchev–Trinajstić information content (AvgIpc) is 2.99. The Labute approximate surface area is 179 Å². The van der Waals surface area contributed by atoms with Gasteiger partial charge in [-0.15, -0.1) is 0 Å². The first-order valence-corrected chi connectivity index (χ1v) is 9.89. The van der Waals surface area contributed by atoms with E-state index in [1.165, 1.54) is 0 Å². The van der Waals surface area contributed by atoms with Crippen molar-refractivity contribution in [2.45, 2.75) is 19.0 Å². The molecule has 6 heteroatoms. The predicted molar refractivity (Wildman–Crippen MR) is 117 cm³/mol. The van der Waals surface area contributed by atoms with E-state index in [2.05, 4.69) is 6.07 Å². The SMILES string of the molecule is C[C@@H]1[C@@H](c2cccc(C#N)c2)N(c2ccc(Cl)cc2)C(=O)N1c1ccc(Cl)cc1. The highest BCUT2D eigenvalue weighted by molar-refractivity contribution is 6.31. The number of urea groups is 1. The lowest BCUT2D eigenvalue weighted by Gasteiger charge is -2.26. The van der Waals surface area contributed by atoms with E-state index in [0.29, 0.717) is 15.6 Å². The zero-order valence-corrected chi connectivity index (χ0v) is 17.1. The van der Waals surface area contributed by atoms with Crippen LogP contribution in [0.5, 0.6) is 0 Å². The summed E-state index contributed by atoms with van der Waals surface area (Å²) in [6.45, 7) is 2.01. The summed E-state index contributed by atoms with van der Waals surface area (Å²) < 4.78 is 0. The first kappa shape index (κ1) is 19.3. The van der Waals surface area contributed by atoms with Crippen LogP contribution < -0.4 is 9.80 Å². The highest BCUT2D eigenvalue weighted by Crippen LogP contribution is 2.41. The molecule has 0 saturated carbocycles. The molecule has 0 aromatic heterocycles. The van der Waals surface area contributed by atoms with Crippen molar-refractivity contribution in [3.05, 3.63) is 94.0 Å². The number of nitrogens with zero attached hydrogens (tertiary/aromatic N) is 3. The Morgan fingerprint density at radius 1 is 0.862 bits per heavy atom. The van der Waals surface area contributed by atoms with Gasteiger partial charge in [-0.05, 0) is 73.2 Å². The average molecular weight is 422 g/mol. The van der Waals surface area contributed by atoms with Crippen molar-refractivity contribution >= 4 is 40.6 Å². The summed E-state index contributed by atoms with van der Waals surface area (Å²) in [4.78, 5) is 17.1. The summed E-state index contributed by atoms with van der Waals surface area (Å²) in [6, 6.07) is 23.4. The van der Waals surface area contributed by atoms with Crippen LogP contribution in [-0.4, -0.2) is 12.1 Å². The molecule has 0 spiro atoms. The minimum Gasteiger partial charge on any atom is -0.289 e. The Bertz CT molecular complexity index is 1090. The smallest absolute Gasteiger partial charge is 0.289 e. The lowest BCUT2D eigenvalue weighted by atomic mass is 9.97. The highest BCUT2D eigenvalue weighted by atomic mass is 35.5. The highest BCUT2D eigenvalue weighted by Gasteiger charge is 2.45. The second kappa shape index (κ2) is 7.79. The molecule has 0 unspecified atom stereocenters. The van der Waals surface area contributed by atoms with Gasteiger partial charge in [0.2, 0.25) is 0 Å². The molecule has 1 aliphatic heterocycles. The van der Waals surface area contributed by atoms with Gasteiger partial charge < -0.3 is 0 Å². The maximum absolute atomic E-state index is 13.5. The molecule has 0 N–H and O–H groups in total. The van der Waals surface area contributed by atoms with E-state index >= 15 is 0 Å². The van der Waals surface area contributed by atoms with Crippen molar-refractivity contribution < 1.29 is 4.79 Å². The van der Waals surface area contributed by atoms with Gasteiger partial charge in [0.05, 0.1) is 23.7 Å². The number of carbonyl (C=O) groups is 1. The second-order valence-corrected chi connectivity index (χ2v) is 7.77. The third-order valence-corrected chi connectivity index (χ3v) is 5.63. The molecule has 1 saturated heterocycles. The monoisotopic (exact) mass is 421 g/mol. The van der Waals surface area contributed by atoms with E-state index in [0.717, 1.165) is 16.9 Å². The molecule has 0 aliphatic carbocycles. The largest absolute Gasteiger partial charge is 0.329 e. The summed E-state index contributed by atoms with van der Waals surface area (Å²) in [5.74, 6) is 0. The number of hydrogen-bond donors (Lipinski definition) is 0. The van der Waals surface area contributed by atoms with E-state index in [9.17, 15) is 10.1 Å². The molecule has 4 rings (SSSR count). The summed E-state index contributed by atoms with van der Waals surface area (Å²) in [5.41, 5.74) is 2.97. The van der Waals surface area contributed by atoms with Gasteiger partial charge in [-0.2, -0.15) is 5.26 Å². The maximum Gasteiger partial charge on any atom is 0.329 e. The first-order chi connectivity index (χ1) is 14.0. The number of rotatable bonds is 3. The molecule has 2 atom stereocenters. The first-order valence-electron chi connectivity index (χ1n) is 9.13. The normalized spacial score (nSPS) is 18.8. The molecule has 4 nitrogen and oxygen atoms in total. The van der Waals surface area contributed by atoms with Gasteiger partial charge in [-0.3, -0.25) is 9.80 Å². The fourth-order valence-electron chi connectivity index (χ4n) is 3.81. The molecule has 3 aromatic carbocycles. The number of nitriles is 1. The van der Waals surface area contributed by atoms with E-state index in [-0.39, 0.29) is 18.1 Å². The third-order valence-electron chi connectivity index (χ3n) is 5.12. The molecule has 3 aromatic rings. The van der Waals surface area contributed by atoms with E-state index in [1.807, 2.05) is 49.4 Å². The lowest BCUT2D eigenvalue weighted by molar-refractivity contribution is 0.255. The van der Waals surface area contributed by atoms with Crippen LogP contribution >= 0.6 is 23.2 Å². The number of carbonyl (C=O) groups excluding carboxylic acids is 1. The van der Waals surface area contributed by atoms with Gasteiger partial charge in [-0.25, -0.2) is 4.79 Å². The van der Waals surface area contributed by atoms with Crippen LogP contribution in [0.25, 0.3) is 0 Å². The topological polar surface area (TPSA) is 47.3 Å². The van der Waals surface area contributed by atoms with Crippen LogP contribution in [0.1, 0.15) is 24.1 Å². The Hall–Kier alpha value is -3.00. The van der Waals surface area contributed by atoms with Gasteiger partial charge in [0.15, 0.2) is 0 Å². The number of hydrogen-bond acceptors (Lipinski definition) is 2. The van der Waals surface area contributed by atoms with E-state index in [1.54, 1.807) is 40.1 Å². The van der Waals surface area contributed by atoms with Gasteiger partial charge in [0.1, 0.15) is 0 Å². The Balaban J connectivity index is 1.84. The van der Waals surface area contributed by atoms with Crippen LogP contribution in [0.15, 0.2) is 72.8 Å². The molecule has 1 aliphatic rings. The van der Waals surface area contributed by atoms with E-state index < -0.39 is 0 Å². The van der Waals surface area contributed by atoms with Crippen LogP contribution in [0.3, 0.4) is 0 Å². The number of anilines is 2. The molecule has 2 amide bonds. The summed E-state index contributed by atoms with van der Waals surface area (Å²) >= 11 is 12.1. The van der Waals surface area contributed by atoms with Crippen molar-refractivity contribution in [2.75, 3.05) is 9.80 Å².